The lowest BCUT2D eigenvalue weighted by Crippen LogP contribution is -2.41. The van der Waals surface area contributed by atoms with E-state index in [4.69, 9.17) is 0 Å². The van der Waals surface area contributed by atoms with E-state index >= 15 is 0 Å². The Morgan fingerprint density at radius 2 is 1.52 bits per heavy atom. The predicted molar refractivity (Wildman–Crippen MR) is 99.2 cm³/mol. The van der Waals surface area contributed by atoms with Crippen molar-refractivity contribution in [1.82, 2.24) is 15.5 Å². The quantitative estimate of drug-likeness (QED) is 0.810. The summed E-state index contributed by atoms with van der Waals surface area (Å²) in [6.07, 6.45) is 0. The maximum absolute atomic E-state index is 12.0. The van der Waals surface area contributed by atoms with Crippen molar-refractivity contribution in [1.29, 1.82) is 0 Å². The minimum Gasteiger partial charge on any atom is -0.347 e. The molecule has 0 unspecified atom stereocenters. The summed E-state index contributed by atoms with van der Waals surface area (Å²) in [6.45, 7) is 2.19. The Balaban J connectivity index is 2.03. The topological polar surface area (TPSA) is 61.4 Å². The Hall–Kier alpha value is -2.66. The molecule has 5 heteroatoms. The molecule has 2 aromatic carbocycles. The van der Waals surface area contributed by atoms with Crippen LogP contribution in [0.3, 0.4) is 0 Å². The van der Waals surface area contributed by atoms with Gasteiger partial charge in [0.2, 0.25) is 11.8 Å². The minimum absolute atomic E-state index is 0.00798. The Morgan fingerprint density at radius 1 is 0.920 bits per heavy atom. The first-order valence-electron chi connectivity index (χ1n) is 8.29. The Kier molecular flexibility index (Phi) is 6.71. The zero-order chi connectivity index (χ0) is 18.2. The van der Waals surface area contributed by atoms with Crippen molar-refractivity contribution in [2.45, 2.75) is 13.0 Å². The number of carbonyl (C=O) groups is 2. The molecule has 5 nitrogen and oxygen atoms in total. The van der Waals surface area contributed by atoms with E-state index in [0.29, 0.717) is 0 Å². The van der Waals surface area contributed by atoms with Gasteiger partial charge in [0.25, 0.3) is 0 Å². The highest BCUT2D eigenvalue weighted by Crippen LogP contribution is 2.22. The van der Waals surface area contributed by atoms with Crippen molar-refractivity contribution in [3.63, 3.8) is 0 Å². The molecule has 25 heavy (non-hydrogen) atoms. The summed E-state index contributed by atoms with van der Waals surface area (Å²) in [6, 6.07) is 18.1. The molecule has 2 rings (SSSR count). The number of aryl methyl sites for hydroxylation is 1. The summed E-state index contributed by atoms with van der Waals surface area (Å²) in [7, 11) is 3.32. The van der Waals surface area contributed by atoms with Gasteiger partial charge in [0.15, 0.2) is 0 Å². The standard InChI is InChI=1S/C20H25N3O2/c1-15-9-11-17(12-10-15)20(16-7-5-4-6-8-16)22-13-18(24)21-14-19(25)23(2)3/h4-12,20,22H,13-14H2,1-3H3,(H,21,24)/t20-/m0/s1. The number of carbonyl (C=O) groups excluding carboxylic acids is 2. The van der Waals surface area contributed by atoms with E-state index in [1.54, 1.807) is 14.1 Å². The zero-order valence-electron chi connectivity index (χ0n) is 15.0. The molecule has 0 aliphatic heterocycles. The number of nitrogens with one attached hydrogen (secondary N) is 2. The van der Waals surface area contributed by atoms with Gasteiger partial charge in [0, 0.05) is 14.1 Å². The highest BCUT2D eigenvalue weighted by Gasteiger charge is 2.15. The molecule has 0 aliphatic rings. The van der Waals surface area contributed by atoms with Crippen LogP contribution in [0, 0.1) is 6.92 Å². The van der Waals surface area contributed by atoms with Gasteiger partial charge in [-0.15, -0.1) is 0 Å². The summed E-state index contributed by atoms with van der Waals surface area (Å²) >= 11 is 0. The minimum atomic E-state index is -0.205. The molecule has 0 spiro atoms. The van der Waals surface area contributed by atoms with Crippen LogP contribution in [0.15, 0.2) is 54.6 Å². The summed E-state index contributed by atoms with van der Waals surface area (Å²) in [5.74, 6) is -0.338. The van der Waals surface area contributed by atoms with Crippen LogP contribution in [-0.2, 0) is 9.59 Å². The van der Waals surface area contributed by atoms with Crippen molar-refractivity contribution in [2.24, 2.45) is 0 Å². The third kappa shape index (κ3) is 5.72. The molecular weight excluding hydrogens is 314 g/mol. The van der Waals surface area contributed by atoms with Crippen LogP contribution in [0.1, 0.15) is 22.7 Å². The Labute approximate surface area is 149 Å². The Morgan fingerprint density at radius 3 is 2.12 bits per heavy atom. The van der Waals surface area contributed by atoms with Crippen LogP contribution < -0.4 is 10.6 Å². The fraction of sp³-hybridized carbons (Fsp3) is 0.300. The molecule has 1 atom stereocenters. The van der Waals surface area contributed by atoms with Gasteiger partial charge in [0.1, 0.15) is 0 Å². The van der Waals surface area contributed by atoms with E-state index in [-0.39, 0.29) is 30.9 Å². The van der Waals surface area contributed by atoms with E-state index in [9.17, 15) is 9.59 Å². The molecule has 0 heterocycles. The number of rotatable bonds is 7. The first-order chi connectivity index (χ1) is 12.0. The maximum Gasteiger partial charge on any atom is 0.241 e. The SMILES string of the molecule is Cc1ccc([C@@H](NCC(=O)NCC(=O)N(C)C)c2ccccc2)cc1. The van der Waals surface area contributed by atoms with Gasteiger partial charge >= 0.3 is 0 Å². The molecular formula is C20H25N3O2. The lowest BCUT2D eigenvalue weighted by molar-refractivity contribution is -0.130. The monoisotopic (exact) mass is 339 g/mol. The normalized spacial score (nSPS) is 11.6. The molecule has 0 saturated carbocycles. The molecule has 0 fully saturated rings. The van der Waals surface area contributed by atoms with Crippen LogP contribution in [0.25, 0.3) is 0 Å². The van der Waals surface area contributed by atoms with Crippen LogP contribution >= 0.6 is 0 Å². The molecule has 0 aromatic heterocycles. The highest BCUT2D eigenvalue weighted by molar-refractivity contribution is 5.85. The van der Waals surface area contributed by atoms with Crippen molar-refractivity contribution in [2.75, 3.05) is 27.2 Å². The first kappa shape index (κ1) is 18.7. The summed E-state index contributed by atoms with van der Waals surface area (Å²) in [5.41, 5.74) is 3.37. The maximum atomic E-state index is 12.0. The summed E-state index contributed by atoms with van der Waals surface area (Å²) < 4.78 is 0. The van der Waals surface area contributed by atoms with Gasteiger partial charge in [0.05, 0.1) is 19.1 Å². The average molecular weight is 339 g/mol. The van der Waals surface area contributed by atoms with Crippen LogP contribution in [0.2, 0.25) is 0 Å². The van der Waals surface area contributed by atoms with Gasteiger partial charge in [-0.2, -0.15) is 0 Å². The highest BCUT2D eigenvalue weighted by atomic mass is 16.2. The Bertz CT molecular complexity index is 697. The summed E-state index contributed by atoms with van der Waals surface area (Å²) in [5, 5.41) is 5.93. The zero-order valence-corrected chi connectivity index (χ0v) is 15.0. The first-order valence-corrected chi connectivity index (χ1v) is 8.29. The van der Waals surface area contributed by atoms with E-state index < -0.39 is 0 Å². The number of likely N-dealkylation sites (N-methyl/N-ethyl adjacent to an activating group) is 1. The van der Waals surface area contributed by atoms with Crippen molar-refractivity contribution < 1.29 is 9.59 Å². The van der Waals surface area contributed by atoms with Crippen LogP contribution in [-0.4, -0.2) is 43.9 Å². The molecule has 0 bridgehead atoms. The number of amides is 2. The number of nitrogens with zero attached hydrogens (tertiary/aromatic N) is 1. The molecule has 0 saturated heterocycles. The van der Waals surface area contributed by atoms with Gasteiger partial charge in [-0.25, -0.2) is 0 Å². The third-order valence-electron chi connectivity index (χ3n) is 3.95. The van der Waals surface area contributed by atoms with Gasteiger partial charge in [-0.3, -0.25) is 14.9 Å². The second-order valence-electron chi connectivity index (χ2n) is 6.20. The van der Waals surface area contributed by atoms with Crippen molar-refractivity contribution in [3.8, 4) is 0 Å². The number of hydrogen-bond acceptors (Lipinski definition) is 3. The van der Waals surface area contributed by atoms with Crippen molar-refractivity contribution >= 4 is 11.8 Å². The predicted octanol–water partition coefficient (Wildman–Crippen LogP) is 1.88. The van der Waals surface area contributed by atoms with Crippen molar-refractivity contribution in [3.05, 3.63) is 71.3 Å². The lowest BCUT2D eigenvalue weighted by Gasteiger charge is -2.20. The smallest absolute Gasteiger partial charge is 0.241 e. The molecule has 132 valence electrons. The average Bonchev–Trinajstić information content (AvgIpc) is 2.62. The van der Waals surface area contributed by atoms with Gasteiger partial charge < -0.3 is 10.2 Å². The largest absolute Gasteiger partial charge is 0.347 e. The second kappa shape index (κ2) is 8.99. The molecule has 2 N–H and O–H groups in total. The fourth-order valence-corrected chi connectivity index (χ4v) is 2.42. The number of benzene rings is 2. The third-order valence-corrected chi connectivity index (χ3v) is 3.95. The van der Waals surface area contributed by atoms with Gasteiger partial charge in [-0.05, 0) is 18.1 Å². The van der Waals surface area contributed by atoms with E-state index in [1.165, 1.54) is 10.5 Å². The second-order valence-corrected chi connectivity index (χ2v) is 6.20. The molecule has 0 radical (unpaired) electrons. The van der Waals surface area contributed by atoms with Crippen LogP contribution in [0.4, 0.5) is 0 Å². The fourth-order valence-electron chi connectivity index (χ4n) is 2.42. The summed E-state index contributed by atoms with van der Waals surface area (Å²) in [4.78, 5) is 25.0. The number of hydrogen-bond donors (Lipinski definition) is 2. The lowest BCUT2D eigenvalue weighted by atomic mass is 9.98. The van der Waals surface area contributed by atoms with Crippen LogP contribution in [0.5, 0.6) is 0 Å². The molecule has 2 amide bonds. The molecule has 0 aliphatic carbocycles. The van der Waals surface area contributed by atoms with E-state index in [1.807, 2.05) is 37.3 Å². The van der Waals surface area contributed by atoms with E-state index in [0.717, 1.165) is 11.1 Å². The molecule has 2 aromatic rings. The van der Waals surface area contributed by atoms with Gasteiger partial charge in [-0.1, -0.05) is 60.2 Å². The van der Waals surface area contributed by atoms with E-state index in [2.05, 4.69) is 34.9 Å².